The number of hydrogen-bond donors (Lipinski definition) is 1. The van der Waals surface area contributed by atoms with Gasteiger partial charge in [0.2, 0.25) is 0 Å². The van der Waals surface area contributed by atoms with Gasteiger partial charge in [-0.05, 0) is 18.8 Å². The fraction of sp³-hybridized carbons (Fsp3) is 0.800. The lowest BCUT2D eigenvalue weighted by Crippen LogP contribution is -2.12. The van der Waals surface area contributed by atoms with Gasteiger partial charge in [-0.3, -0.25) is 0 Å². The van der Waals surface area contributed by atoms with E-state index in [2.05, 4.69) is 19.9 Å². The van der Waals surface area contributed by atoms with Crippen molar-refractivity contribution >= 4 is 0 Å². The quantitative estimate of drug-likeness (QED) is 0.653. The zero-order valence-corrected chi connectivity index (χ0v) is 8.05. The molecule has 2 heteroatoms. The lowest BCUT2D eigenvalue weighted by Gasteiger charge is -2.11. The summed E-state index contributed by atoms with van der Waals surface area (Å²) in [5, 5.41) is 0. The van der Waals surface area contributed by atoms with Crippen molar-refractivity contribution in [3.8, 4) is 0 Å². The average molecular weight is 169 g/mol. The van der Waals surface area contributed by atoms with Gasteiger partial charge in [0.05, 0.1) is 6.10 Å². The first-order valence-electron chi connectivity index (χ1n) is 4.76. The molecule has 2 nitrogen and oxygen atoms in total. The minimum atomic E-state index is 0.339. The molecule has 0 amide bonds. The topological polar surface area (TPSA) is 35.2 Å². The highest BCUT2D eigenvalue weighted by atomic mass is 16.5. The zero-order valence-electron chi connectivity index (χ0n) is 8.05. The molecule has 0 radical (unpaired) electrons. The maximum absolute atomic E-state index is 5.63. The summed E-state index contributed by atoms with van der Waals surface area (Å²) in [6, 6.07) is 0. The number of hydrogen-bond acceptors (Lipinski definition) is 2. The predicted molar refractivity (Wildman–Crippen MR) is 50.9 cm³/mol. The van der Waals surface area contributed by atoms with Gasteiger partial charge in [-0.15, -0.1) is 0 Å². The fourth-order valence-electron chi connectivity index (χ4n) is 1.47. The molecule has 2 N–H and O–H groups in total. The molecule has 0 aromatic rings. The van der Waals surface area contributed by atoms with E-state index in [4.69, 9.17) is 10.5 Å². The van der Waals surface area contributed by atoms with Crippen molar-refractivity contribution in [3.05, 3.63) is 11.6 Å². The summed E-state index contributed by atoms with van der Waals surface area (Å²) in [6.07, 6.45) is 4.90. The maximum Gasteiger partial charge on any atom is 0.0759 e. The van der Waals surface area contributed by atoms with E-state index in [0.29, 0.717) is 18.6 Å². The Morgan fingerprint density at radius 3 is 2.83 bits per heavy atom. The molecule has 0 aliphatic carbocycles. The molecule has 1 heterocycles. The standard InChI is InChI=1S/C10H19NO/c1-8(2)9(7-11)6-10-4-3-5-12-10/h6,8,10H,3-5,7,11H2,1-2H3. The molecule has 0 aromatic heterocycles. The van der Waals surface area contributed by atoms with Crippen LogP contribution in [0.1, 0.15) is 26.7 Å². The van der Waals surface area contributed by atoms with Gasteiger partial charge in [-0.25, -0.2) is 0 Å². The molecule has 1 fully saturated rings. The molecule has 1 aliphatic heterocycles. The van der Waals surface area contributed by atoms with Crippen molar-refractivity contribution in [1.29, 1.82) is 0 Å². The van der Waals surface area contributed by atoms with Gasteiger partial charge in [-0.1, -0.05) is 25.5 Å². The van der Waals surface area contributed by atoms with Crippen LogP contribution in [0.5, 0.6) is 0 Å². The van der Waals surface area contributed by atoms with Crippen LogP contribution in [-0.4, -0.2) is 19.3 Å². The summed E-state index contributed by atoms with van der Waals surface area (Å²) < 4.78 is 5.50. The molecule has 0 aromatic carbocycles. The third-order valence-corrected chi connectivity index (χ3v) is 2.34. The second kappa shape index (κ2) is 4.63. The van der Waals surface area contributed by atoms with Crippen molar-refractivity contribution in [1.82, 2.24) is 0 Å². The Kier molecular flexibility index (Phi) is 3.76. The second-order valence-corrected chi connectivity index (χ2v) is 3.65. The Morgan fingerprint density at radius 2 is 2.42 bits per heavy atom. The van der Waals surface area contributed by atoms with E-state index in [1.54, 1.807) is 0 Å². The van der Waals surface area contributed by atoms with Crippen molar-refractivity contribution in [3.63, 3.8) is 0 Å². The van der Waals surface area contributed by atoms with Crippen molar-refractivity contribution in [2.75, 3.05) is 13.2 Å². The van der Waals surface area contributed by atoms with Gasteiger partial charge in [0.25, 0.3) is 0 Å². The first kappa shape index (κ1) is 9.75. The Labute approximate surface area is 74.8 Å². The van der Waals surface area contributed by atoms with E-state index >= 15 is 0 Å². The molecule has 1 rings (SSSR count). The van der Waals surface area contributed by atoms with Crippen molar-refractivity contribution in [2.24, 2.45) is 11.7 Å². The normalized spacial score (nSPS) is 25.3. The lowest BCUT2D eigenvalue weighted by atomic mass is 10.0. The monoisotopic (exact) mass is 169 g/mol. The van der Waals surface area contributed by atoms with E-state index in [1.807, 2.05) is 0 Å². The molecule has 1 atom stereocenters. The highest BCUT2D eigenvalue weighted by Gasteiger charge is 2.14. The van der Waals surface area contributed by atoms with Gasteiger partial charge in [0, 0.05) is 13.2 Å². The van der Waals surface area contributed by atoms with E-state index in [9.17, 15) is 0 Å². The van der Waals surface area contributed by atoms with Gasteiger partial charge in [0.15, 0.2) is 0 Å². The van der Waals surface area contributed by atoms with E-state index in [0.717, 1.165) is 13.0 Å². The summed E-state index contributed by atoms with van der Waals surface area (Å²) >= 11 is 0. The largest absolute Gasteiger partial charge is 0.374 e. The average Bonchev–Trinajstić information content (AvgIpc) is 2.51. The lowest BCUT2D eigenvalue weighted by molar-refractivity contribution is 0.144. The Hall–Kier alpha value is -0.340. The van der Waals surface area contributed by atoms with Crippen LogP contribution in [0, 0.1) is 5.92 Å². The molecule has 70 valence electrons. The highest BCUT2D eigenvalue weighted by Crippen LogP contribution is 2.17. The van der Waals surface area contributed by atoms with Crippen molar-refractivity contribution < 1.29 is 4.74 Å². The summed E-state index contributed by atoms with van der Waals surface area (Å²) in [6.45, 7) is 5.93. The minimum Gasteiger partial charge on any atom is -0.374 e. The first-order valence-corrected chi connectivity index (χ1v) is 4.76. The van der Waals surface area contributed by atoms with Gasteiger partial charge < -0.3 is 10.5 Å². The third kappa shape index (κ3) is 2.61. The molecule has 0 bridgehead atoms. The third-order valence-electron chi connectivity index (χ3n) is 2.34. The van der Waals surface area contributed by atoms with E-state index < -0.39 is 0 Å². The second-order valence-electron chi connectivity index (χ2n) is 3.65. The molecule has 1 unspecified atom stereocenters. The zero-order chi connectivity index (χ0) is 8.97. The highest BCUT2D eigenvalue weighted by molar-refractivity contribution is 5.09. The molecule has 0 saturated carbocycles. The molecule has 1 aliphatic rings. The maximum atomic E-state index is 5.63. The predicted octanol–water partition coefficient (Wildman–Crippen LogP) is 1.71. The molecule has 12 heavy (non-hydrogen) atoms. The smallest absolute Gasteiger partial charge is 0.0759 e. The van der Waals surface area contributed by atoms with Crippen LogP contribution in [0.2, 0.25) is 0 Å². The van der Waals surface area contributed by atoms with E-state index in [-0.39, 0.29) is 0 Å². The summed E-state index contributed by atoms with van der Waals surface area (Å²) in [4.78, 5) is 0. The Bertz CT molecular complexity index is 157. The minimum absolute atomic E-state index is 0.339. The van der Waals surface area contributed by atoms with Gasteiger partial charge >= 0.3 is 0 Å². The molecular formula is C10H19NO. The van der Waals surface area contributed by atoms with Gasteiger partial charge in [0.1, 0.15) is 0 Å². The van der Waals surface area contributed by atoms with Crippen LogP contribution in [0.15, 0.2) is 11.6 Å². The van der Waals surface area contributed by atoms with Gasteiger partial charge in [-0.2, -0.15) is 0 Å². The summed E-state index contributed by atoms with van der Waals surface area (Å²) in [7, 11) is 0. The number of nitrogens with two attached hydrogens (primary N) is 1. The first-order chi connectivity index (χ1) is 5.74. The van der Waals surface area contributed by atoms with Crippen LogP contribution in [0.25, 0.3) is 0 Å². The van der Waals surface area contributed by atoms with Crippen LogP contribution in [0.3, 0.4) is 0 Å². The molecular weight excluding hydrogens is 150 g/mol. The van der Waals surface area contributed by atoms with Crippen LogP contribution >= 0.6 is 0 Å². The Balaban J connectivity index is 2.50. The molecule has 1 saturated heterocycles. The number of ether oxygens (including phenoxy) is 1. The summed E-state index contributed by atoms with van der Waals surface area (Å²) in [5.74, 6) is 0.555. The Morgan fingerprint density at radius 1 is 1.67 bits per heavy atom. The molecule has 0 spiro atoms. The van der Waals surface area contributed by atoms with Crippen LogP contribution in [-0.2, 0) is 4.74 Å². The number of rotatable bonds is 3. The SMILES string of the molecule is CC(C)C(=CC1CCCO1)CN. The van der Waals surface area contributed by atoms with E-state index in [1.165, 1.54) is 12.0 Å². The van der Waals surface area contributed by atoms with Crippen LogP contribution in [0.4, 0.5) is 0 Å². The fourth-order valence-corrected chi connectivity index (χ4v) is 1.47. The summed E-state index contributed by atoms with van der Waals surface area (Å²) in [5.41, 5.74) is 6.95. The van der Waals surface area contributed by atoms with Crippen molar-refractivity contribution in [2.45, 2.75) is 32.8 Å². The van der Waals surface area contributed by atoms with Crippen LogP contribution < -0.4 is 5.73 Å².